The number of nitrogens with one attached hydrogen (secondary N) is 1. The molecule has 21 heavy (non-hydrogen) atoms. The first-order valence-corrected chi connectivity index (χ1v) is 6.42. The number of ether oxygens (including phenoxy) is 1. The monoisotopic (exact) mass is 360 g/mol. The number of alkyl halides is 3. The molecule has 0 aliphatic heterocycles. The lowest BCUT2D eigenvalue weighted by atomic mass is 10.2. The van der Waals surface area contributed by atoms with E-state index in [4.69, 9.17) is 0 Å². The Bertz CT molecular complexity index is 645. The summed E-state index contributed by atoms with van der Waals surface area (Å²) >= 11 is 3.16. The van der Waals surface area contributed by atoms with Gasteiger partial charge in [0.2, 0.25) is 0 Å². The zero-order valence-electron chi connectivity index (χ0n) is 10.3. The van der Waals surface area contributed by atoms with Crippen LogP contribution in [0, 0.1) is 0 Å². The van der Waals surface area contributed by atoms with Crippen molar-refractivity contribution in [2.24, 2.45) is 0 Å². The largest absolute Gasteiger partial charge is 0.573 e. The van der Waals surface area contributed by atoms with Crippen LogP contribution in [0.25, 0.3) is 0 Å². The van der Waals surface area contributed by atoms with Crippen LogP contribution in [0.15, 0.2) is 47.1 Å². The molecule has 0 bridgehead atoms. The highest BCUT2D eigenvalue weighted by Gasteiger charge is 2.31. The molecule has 8 heteroatoms. The number of anilines is 1. The van der Waals surface area contributed by atoms with Crippen LogP contribution >= 0.6 is 15.9 Å². The van der Waals surface area contributed by atoms with Crippen molar-refractivity contribution in [1.82, 2.24) is 4.98 Å². The van der Waals surface area contributed by atoms with Gasteiger partial charge in [0.25, 0.3) is 5.91 Å². The zero-order chi connectivity index (χ0) is 15.5. The summed E-state index contributed by atoms with van der Waals surface area (Å²) in [5.41, 5.74) is 0.186. The van der Waals surface area contributed by atoms with E-state index in [-0.39, 0.29) is 11.3 Å². The SMILES string of the molecule is O=C(Nc1cccc(Br)n1)c1ccc(OC(F)(F)F)cc1. The maximum Gasteiger partial charge on any atom is 0.573 e. The Labute approximate surface area is 126 Å². The van der Waals surface area contributed by atoms with Crippen molar-refractivity contribution in [3.63, 3.8) is 0 Å². The van der Waals surface area contributed by atoms with Gasteiger partial charge in [-0.1, -0.05) is 6.07 Å². The van der Waals surface area contributed by atoms with Gasteiger partial charge < -0.3 is 10.1 Å². The molecule has 0 atom stereocenters. The molecule has 2 rings (SSSR count). The van der Waals surface area contributed by atoms with Crippen LogP contribution in [0.5, 0.6) is 5.75 Å². The molecule has 0 saturated heterocycles. The summed E-state index contributed by atoms with van der Waals surface area (Å²) < 4.78 is 40.3. The predicted octanol–water partition coefficient (Wildman–Crippen LogP) is 4.00. The highest BCUT2D eigenvalue weighted by atomic mass is 79.9. The fourth-order valence-corrected chi connectivity index (χ4v) is 1.82. The Morgan fingerprint density at radius 2 is 1.81 bits per heavy atom. The van der Waals surface area contributed by atoms with Crippen molar-refractivity contribution in [2.45, 2.75) is 6.36 Å². The molecule has 1 N–H and O–H groups in total. The minimum Gasteiger partial charge on any atom is -0.406 e. The molecule has 1 heterocycles. The molecule has 0 spiro atoms. The molecule has 1 aromatic heterocycles. The van der Waals surface area contributed by atoms with Gasteiger partial charge in [-0.2, -0.15) is 0 Å². The molecule has 0 saturated carbocycles. The number of pyridine rings is 1. The molecule has 4 nitrogen and oxygen atoms in total. The first-order valence-electron chi connectivity index (χ1n) is 5.63. The number of halogens is 4. The number of benzene rings is 1. The summed E-state index contributed by atoms with van der Waals surface area (Å²) in [4.78, 5) is 15.9. The molecule has 0 radical (unpaired) electrons. The van der Waals surface area contributed by atoms with Gasteiger partial charge in [0.05, 0.1) is 0 Å². The maximum absolute atomic E-state index is 12.0. The second-order valence-corrected chi connectivity index (χ2v) is 4.68. The number of nitrogens with zero attached hydrogens (tertiary/aromatic N) is 1. The lowest BCUT2D eigenvalue weighted by Crippen LogP contribution is -2.17. The number of hydrogen-bond donors (Lipinski definition) is 1. The van der Waals surface area contributed by atoms with E-state index in [1.165, 1.54) is 12.1 Å². The highest BCUT2D eigenvalue weighted by molar-refractivity contribution is 9.10. The van der Waals surface area contributed by atoms with Gasteiger partial charge in [-0.25, -0.2) is 4.98 Å². The number of amides is 1. The van der Waals surface area contributed by atoms with E-state index in [0.29, 0.717) is 10.4 Å². The van der Waals surface area contributed by atoms with Crippen molar-refractivity contribution in [3.05, 3.63) is 52.6 Å². The fraction of sp³-hybridized carbons (Fsp3) is 0.0769. The second-order valence-electron chi connectivity index (χ2n) is 3.87. The maximum atomic E-state index is 12.0. The van der Waals surface area contributed by atoms with Crippen LogP contribution in [0.3, 0.4) is 0 Å². The fourth-order valence-electron chi connectivity index (χ4n) is 1.47. The number of rotatable bonds is 3. The molecule has 0 unspecified atom stereocenters. The van der Waals surface area contributed by atoms with E-state index in [1.807, 2.05) is 0 Å². The smallest absolute Gasteiger partial charge is 0.406 e. The molecule has 110 valence electrons. The van der Waals surface area contributed by atoms with Crippen LogP contribution in [0.4, 0.5) is 19.0 Å². The molecular formula is C13H8BrF3N2O2. The molecule has 0 aliphatic rings. The predicted molar refractivity (Wildman–Crippen MR) is 73.0 cm³/mol. The topological polar surface area (TPSA) is 51.2 Å². The van der Waals surface area contributed by atoms with E-state index in [9.17, 15) is 18.0 Å². The van der Waals surface area contributed by atoms with Gasteiger partial charge in [-0.15, -0.1) is 13.2 Å². The van der Waals surface area contributed by atoms with Crippen LogP contribution in [-0.4, -0.2) is 17.3 Å². The van der Waals surface area contributed by atoms with Crippen molar-refractivity contribution in [3.8, 4) is 5.75 Å². The quantitative estimate of drug-likeness (QED) is 0.841. The summed E-state index contributed by atoms with van der Waals surface area (Å²) in [6, 6.07) is 9.56. The third-order valence-electron chi connectivity index (χ3n) is 2.31. The van der Waals surface area contributed by atoms with Gasteiger partial charge in [-0.05, 0) is 52.3 Å². The Kier molecular flexibility index (Phi) is 4.46. The van der Waals surface area contributed by atoms with Crippen LogP contribution < -0.4 is 10.1 Å². The van der Waals surface area contributed by atoms with Gasteiger partial charge in [0, 0.05) is 5.56 Å². The standard InChI is InChI=1S/C13H8BrF3N2O2/c14-10-2-1-3-11(18-10)19-12(20)8-4-6-9(7-5-8)21-13(15,16)17/h1-7H,(H,18,19,20). The third kappa shape index (κ3) is 4.75. The van der Waals surface area contributed by atoms with Crippen LogP contribution in [0.1, 0.15) is 10.4 Å². The lowest BCUT2D eigenvalue weighted by molar-refractivity contribution is -0.274. The minimum atomic E-state index is -4.76. The van der Waals surface area contributed by atoms with Gasteiger partial charge in [0.1, 0.15) is 16.2 Å². The second kappa shape index (κ2) is 6.13. The van der Waals surface area contributed by atoms with E-state index < -0.39 is 12.3 Å². The van der Waals surface area contributed by atoms with Crippen molar-refractivity contribution >= 4 is 27.7 Å². The Balaban J connectivity index is 2.06. The van der Waals surface area contributed by atoms with Crippen molar-refractivity contribution in [2.75, 3.05) is 5.32 Å². The Hall–Kier alpha value is -2.09. The molecular weight excluding hydrogens is 353 g/mol. The number of carbonyl (C=O) groups excluding carboxylic acids is 1. The Morgan fingerprint density at radius 1 is 1.14 bits per heavy atom. The first kappa shape index (κ1) is 15.3. The van der Waals surface area contributed by atoms with Gasteiger partial charge >= 0.3 is 6.36 Å². The number of hydrogen-bond acceptors (Lipinski definition) is 3. The Morgan fingerprint density at radius 3 is 2.38 bits per heavy atom. The number of carbonyl (C=O) groups is 1. The summed E-state index contributed by atoms with van der Waals surface area (Å²) in [5, 5.41) is 2.52. The first-order chi connectivity index (χ1) is 9.83. The molecule has 1 aromatic carbocycles. The average molecular weight is 361 g/mol. The molecule has 0 fully saturated rings. The normalized spacial score (nSPS) is 11.0. The van der Waals surface area contributed by atoms with Crippen molar-refractivity contribution < 1.29 is 22.7 Å². The lowest BCUT2D eigenvalue weighted by Gasteiger charge is -2.09. The summed E-state index contributed by atoms with van der Waals surface area (Å²) in [6.07, 6.45) is -4.76. The van der Waals surface area contributed by atoms with E-state index >= 15 is 0 Å². The number of aromatic nitrogens is 1. The van der Waals surface area contributed by atoms with Crippen molar-refractivity contribution in [1.29, 1.82) is 0 Å². The van der Waals surface area contributed by atoms with Gasteiger partial charge in [0.15, 0.2) is 0 Å². The molecule has 2 aromatic rings. The third-order valence-corrected chi connectivity index (χ3v) is 2.75. The minimum absolute atomic E-state index is 0.186. The molecule has 0 aliphatic carbocycles. The summed E-state index contributed by atoms with van der Waals surface area (Å²) in [6.45, 7) is 0. The van der Waals surface area contributed by atoms with E-state index in [0.717, 1.165) is 12.1 Å². The van der Waals surface area contributed by atoms with Crippen LogP contribution in [0.2, 0.25) is 0 Å². The van der Waals surface area contributed by atoms with E-state index in [2.05, 4.69) is 31.0 Å². The highest BCUT2D eigenvalue weighted by Crippen LogP contribution is 2.23. The zero-order valence-corrected chi connectivity index (χ0v) is 11.9. The summed E-state index contributed by atoms with van der Waals surface area (Å²) in [5.74, 6) is -0.552. The van der Waals surface area contributed by atoms with Gasteiger partial charge in [-0.3, -0.25) is 4.79 Å². The average Bonchev–Trinajstić information content (AvgIpc) is 2.37. The molecule has 1 amide bonds. The van der Waals surface area contributed by atoms with E-state index in [1.54, 1.807) is 18.2 Å². The van der Waals surface area contributed by atoms with Crippen LogP contribution in [-0.2, 0) is 0 Å². The summed E-state index contributed by atoms with van der Waals surface area (Å²) in [7, 11) is 0.